The summed E-state index contributed by atoms with van der Waals surface area (Å²) in [5.41, 5.74) is 0. The Morgan fingerprint density at radius 1 is 0.389 bits per heavy atom. The number of hydrogen-bond donors (Lipinski definition) is 3. The Kier molecular flexibility index (Phi) is 60.5. The van der Waals surface area contributed by atoms with Crippen LogP contribution in [0.15, 0.2) is 24.3 Å². The molecule has 0 radical (unpaired) electrons. The molecule has 2 atom stereocenters. The van der Waals surface area contributed by atoms with Crippen molar-refractivity contribution in [2.24, 2.45) is 0 Å². The van der Waals surface area contributed by atoms with Gasteiger partial charge in [-0.25, -0.2) is 0 Å². The maximum Gasteiger partial charge on any atom is 0.305 e. The smallest absolute Gasteiger partial charge is 0.305 e. The van der Waals surface area contributed by atoms with Crippen molar-refractivity contribution in [1.29, 1.82) is 0 Å². The predicted molar refractivity (Wildman–Crippen MR) is 315 cm³/mol. The molecular weight excluding hydrogens is 887 g/mol. The molecule has 0 spiro atoms. The molecule has 0 fully saturated rings. The van der Waals surface area contributed by atoms with E-state index in [1.807, 2.05) is 0 Å². The number of aliphatic hydroxyl groups excluding tert-OH is 2. The minimum absolute atomic E-state index is 0.00251. The van der Waals surface area contributed by atoms with Crippen LogP contribution in [0.3, 0.4) is 0 Å². The zero-order chi connectivity index (χ0) is 52.2. The van der Waals surface area contributed by atoms with Gasteiger partial charge >= 0.3 is 5.97 Å². The van der Waals surface area contributed by atoms with E-state index in [0.717, 1.165) is 51.4 Å². The van der Waals surface area contributed by atoms with E-state index in [1.54, 1.807) is 0 Å². The Labute approximate surface area is 450 Å². The van der Waals surface area contributed by atoms with Gasteiger partial charge in [-0.15, -0.1) is 0 Å². The third kappa shape index (κ3) is 57.6. The molecule has 2 unspecified atom stereocenters. The van der Waals surface area contributed by atoms with Gasteiger partial charge in [0.15, 0.2) is 0 Å². The molecule has 0 bridgehead atoms. The standard InChI is InChI=1S/C66H127NO5/c1-3-5-7-9-11-13-15-17-19-32-36-40-44-48-52-56-60-66(71)72-61-57-53-49-45-41-37-33-29-27-25-23-21-20-22-24-26-28-31-35-39-43-47-51-55-59-65(70)67-63(62-68)64(69)58-54-50-46-42-38-34-30-18-16-14-12-10-8-6-4-2/h13,15,19,32,63-64,68-69H,3-12,14,16-18,20-31,33-62H2,1-2H3,(H,67,70)/b15-13-,32-19-. The molecule has 72 heavy (non-hydrogen) atoms. The predicted octanol–water partition coefficient (Wildman–Crippen LogP) is 20.6. The molecule has 0 aliphatic rings. The van der Waals surface area contributed by atoms with E-state index >= 15 is 0 Å². The molecule has 426 valence electrons. The highest BCUT2D eigenvalue weighted by molar-refractivity contribution is 5.76. The molecule has 0 aliphatic carbocycles. The first-order valence-corrected chi connectivity index (χ1v) is 32.6. The average Bonchev–Trinajstić information content (AvgIpc) is 3.38. The quantitative estimate of drug-likeness (QED) is 0.0320. The van der Waals surface area contributed by atoms with Crippen LogP contribution in [0, 0.1) is 0 Å². The van der Waals surface area contributed by atoms with Crippen molar-refractivity contribution in [1.82, 2.24) is 5.32 Å². The largest absolute Gasteiger partial charge is 0.466 e. The maximum atomic E-state index is 12.5. The lowest BCUT2D eigenvalue weighted by atomic mass is 10.0. The highest BCUT2D eigenvalue weighted by Gasteiger charge is 2.20. The zero-order valence-corrected chi connectivity index (χ0v) is 48.7. The molecule has 0 aliphatic heterocycles. The fourth-order valence-electron chi connectivity index (χ4n) is 10.3. The van der Waals surface area contributed by atoms with Gasteiger partial charge in [-0.2, -0.15) is 0 Å². The molecular formula is C66H127NO5. The van der Waals surface area contributed by atoms with Crippen LogP contribution in [0.4, 0.5) is 0 Å². The van der Waals surface area contributed by atoms with Gasteiger partial charge in [-0.3, -0.25) is 9.59 Å². The van der Waals surface area contributed by atoms with Crippen LogP contribution in [0.25, 0.3) is 0 Å². The van der Waals surface area contributed by atoms with Crippen LogP contribution in [-0.2, 0) is 14.3 Å². The lowest BCUT2D eigenvalue weighted by molar-refractivity contribution is -0.143. The Morgan fingerprint density at radius 2 is 0.694 bits per heavy atom. The van der Waals surface area contributed by atoms with Crippen LogP contribution >= 0.6 is 0 Å². The SMILES string of the molecule is CCCCCC/C=C\C/C=C\CCCCCCCC(=O)OCCCCCCCCCCCCCCCCCCCCCCCCCCC(=O)NC(CO)C(O)CCCCCCCCCCCCCCCCC. The summed E-state index contributed by atoms with van der Waals surface area (Å²) in [4.78, 5) is 24.6. The third-order valence-electron chi connectivity index (χ3n) is 15.3. The summed E-state index contributed by atoms with van der Waals surface area (Å²) in [5.74, 6) is -0.0291. The number of carbonyl (C=O) groups excluding carboxylic acids is 2. The zero-order valence-electron chi connectivity index (χ0n) is 48.7. The second-order valence-electron chi connectivity index (χ2n) is 22.5. The molecule has 0 saturated carbocycles. The van der Waals surface area contributed by atoms with Crippen molar-refractivity contribution >= 4 is 11.9 Å². The topological polar surface area (TPSA) is 95.9 Å². The van der Waals surface area contributed by atoms with Gasteiger partial charge in [-0.05, 0) is 57.8 Å². The van der Waals surface area contributed by atoms with Gasteiger partial charge in [-0.1, -0.05) is 314 Å². The molecule has 0 saturated heterocycles. The summed E-state index contributed by atoms with van der Waals surface area (Å²) in [6, 6.07) is -0.540. The van der Waals surface area contributed by atoms with Gasteiger partial charge < -0.3 is 20.3 Å². The summed E-state index contributed by atoms with van der Waals surface area (Å²) >= 11 is 0. The summed E-state index contributed by atoms with van der Waals surface area (Å²) in [7, 11) is 0. The lowest BCUT2D eigenvalue weighted by Gasteiger charge is -2.22. The number of ether oxygens (including phenoxy) is 1. The average molecular weight is 1010 g/mol. The highest BCUT2D eigenvalue weighted by atomic mass is 16.5. The lowest BCUT2D eigenvalue weighted by Crippen LogP contribution is -2.45. The first-order chi connectivity index (χ1) is 35.5. The molecule has 0 heterocycles. The summed E-state index contributed by atoms with van der Waals surface area (Å²) in [6.07, 6.45) is 76.3. The Hall–Kier alpha value is -1.66. The van der Waals surface area contributed by atoms with E-state index in [-0.39, 0.29) is 18.5 Å². The van der Waals surface area contributed by atoms with Crippen LogP contribution in [0.5, 0.6) is 0 Å². The molecule has 0 aromatic carbocycles. The number of unbranched alkanes of at least 4 members (excludes halogenated alkanes) is 46. The van der Waals surface area contributed by atoms with Gasteiger partial charge in [0.25, 0.3) is 0 Å². The van der Waals surface area contributed by atoms with Crippen molar-refractivity contribution in [2.75, 3.05) is 13.2 Å². The van der Waals surface area contributed by atoms with Crippen LogP contribution in [0.1, 0.15) is 361 Å². The van der Waals surface area contributed by atoms with Crippen LogP contribution < -0.4 is 5.32 Å². The fraction of sp³-hybridized carbons (Fsp3) is 0.909. The van der Waals surface area contributed by atoms with E-state index in [2.05, 4.69) is 43.5 Å². The van der Waals surface area contributed by atoms with Gasteiger partial charge in [0, 0.05) is 12.8 Å². The molecule has 1 amide bonds. The maximum absolute atomic E-state index is 12.5. The molecule has 0 rings (SSSR count). The normalized spacial score (nSPS) is 12.7. The van der Waals surface area contributed by atoms with Gasteiger partial charge in [0.1, 0.15) is 0 Å². The molecule has 6 heteroatoms. The Bertz CT molecular complexity index is 1120. The molecule has 6 nitrogen and oxygen atoms in total. The van der Waals surface area contributed by atoms with E-state index in [9.17, 15) is 19.8 Å². The number of allylic oxidation sites excluding steroid dienone is 4. The van der Waals surface area contributed by atoms with Gasteiger partial charge in [0.05, 0.1) is 25.4 Å². The number of aliphatic hydroxyl groups is 2. The van der Waals surface area contributed by atoms with Crippen molar-refractivity contribution in [2.45, 2.75) is 373 Å². The summed E-state index contributed by atoms with van der Waals surface area (Å²) in [6.45, 7) is 4.95. The minimum Gasteiger partial charge on any atom is -0.466 e. The molecule has 0 aromatic rings. The minimum atomic E-state index is -0.663. The molecule has 3 N–H and O–H groups in total. The van der Waals surface area contributed by atoms with Crippen molar-refractivity contribution in [3.63, 3.8) is 0 Å². The number of rotatable bonds is 61. The van der Waals surface area contributed by atoms with Crippen LogP contribution in [0.2, 0.25) is 0 Å². The first-order valence-electron chi connectivity index (χ1n) is 32.6. The Balaban J connectivity index is 3.36. The van der Waals surface area contributed by atoms with E-state index in [0.29, 0.717) is 25.9 Å². The monoisotopic (exact) mass is 1010 g/mol. The van der Waals surface area contributed by atoms with Gasteiger partial charge in [0.2, 0.25) is 5.91 Å². The van der Waals surface area contributed by atoms with Crippen molar-refractivity contribution in [3.8, 4) is 0 Å². The number of amides is 1. The first kappa shape index (κ1) is 70.3. The van der Waals surface area contributed by atoms with Crippen LogP contribution in [-0.4, -0.2) is 47.4 Å². The third-order valence-corrected chi connectivity index (χ3v) is 15.3. The number of hydrogen-bond acceptors (Lipinski definition) is 5. The fourth-order valence-corrected chi connectivity index (χ4v) is 10.3. The second kappa shape index (κ2) is 61.9. The summed E-state index contributed by atoms with van der Waals surface area (Å²) < 4.78 is 5.49. The number of esters is 1. The summed E-state index contributed by atoms with van der Waals surface area (Å²) in [5, 5.41) is 23.3. The second-order valence-corrected chi connectivity index (χ2v) is 22.5. The van der Waals surface area contributed by atoms with E-state index in [4.69, 9.17) is 4.74 Å². The Morgan fingerprint density at radius 3 is 1.07 bits per heavy atom. The molecule has 0 aromatic heterocycles. The number of nitrogens with one attached hydrogen (secondary N) is 1. The highest BCUT2D eigenvalue weighted by Crippen LogP contribution is 2.18. The van der Waals surface area contributed by atoms with Crippen molar-refractivity contribution < 1.29 is 24.5 Å². The van der Waals surface area contributed by atoms with E-state index < -0.39 is 12.1 Å². The van der Waals surface area contributed by atoms with Crippen molar-refractivity contribution in [3.05, 3.63) is 24.3 Å². The van der Waals surface area contributed by atoms with E-state index in [1.165, 1.54) is 276 Å². The number of carbonyl (C=O) groups is 2.